The molecule has 0 aliphatic rings. The van der Waals surface area contributed by atoms with Crippen molar-refractivity contribution < 1.29 is 42.9 Å². The summed E-state index contributed by atoms with van der Waals surface area (Å²) < 4.78 is 22.6. The van der Waals surface area contributed by atoms with Gasteiger partial charge in [0.05, 0.1) is 34.4 Å². The van der Waals surface area contributed by atoms with Crippen molar-refractivity contribution in [2.45, 2.75) is 187 Å². The number of aliphatic carboxylic acids is 1. The second kappa shape index (κ2) is 37.4. The zero-order valence-electron chi connectivity index (χ0n) is 35.4. The van der Waals surface area contributed by atoms with Crippen LogP contribution < -0.4 is 0 Å². The lowest BCUT2D eigenvalue weighted by molar-refractivity contribution is -0.870. The number of quaternary nitrogens is 1. The summed E-state index contributed by atoms with van der Waals surface area (Å²) >= 11 is 0. The SMILES string of the molecule is CCCCCCC/C=C\C/C=C\C/C=C\CCCCCCCCC(=O)OC(COC(=O)CCCCCCCCCC)COC(OCC[N+](C)(C)C)C(=O)O. The molecule has 0 radical (unpaired) electrons. The molecule has 2 atom stereocenters. The van der Waals surface area contributed by atoms with Crippen molar-refractivity contribution >= 4 is 17.9 Å². The van der Waals surface area contributed by atoms with Crippen LogP contribution in [0.2, 0.25) is 0 Å². The topological polar surface area (TPSA) is 108 Å². The predicted octanol–water partition coefficient (Wildman–Crippen LogP) is 11.1. The minimum atomic E-state index is -1.51. The number of likely N-dealkylation sites (N-methyl/N-ethyl adjacent to an activating group) is 1. The lowest BCUT2D eigenvalue weighted by atomic mass is 10.1. The van der Waals surface area contributed by atoms with Gasteiger partial charge in [-0.25, -0.2) is 4.79 Å². The van der Waals surface area contributed by atoms with Crippen LogP contribution in [0.5, 0.6) is 0 Å². The van der Waals surface area contributed by atoms with Crippen molar-refractivity contribution in [1.29, 1.82) is 0 Å². The third kappa shape index (κ3) is 37.8. The summed E-state index contributed by atoms with van der Waals surface area (Å²) in [6.45, 7) is 4.80. The number of nitrogens with zero attached hydrogens (tertiary/aromatic N) is 1. The van der Waals surface area contributed by atoms with Crippen LogP contribution in [0.3, 0.4) is 0 Å². The van der Waals surface area contributed by atoms with E-state index in [0.717, 1.165) is 57.8 Å². The van der Waals surface area contributed by atoms with Gasteiger partial charge >= 0.3 is 17.9 Å². The smallest absolute Gasteiger partial charge is 0.361 e. The van der Waals surface area contributed by atoms with E-state index in [-0.39, 0.29) is 32.2 Å². The van der Waals surface area contributed by atoms with Crippen LogP contribution in [0.4, 0.5) is 0 Å². The molecule has 0 aromatic rings. The van der Waals surface area contributed by atoms with Crippen LogP contribution in [0.1, 0.15) is 174 Å². The molecule has 0 aromatic heterocycles. The van der Waals surface area contributed by atoms with Gasteiger partial charge in [-0.1, -0.05) is 147 Å². The van der Waals surface area contributed by atoms with Gasteiger partial charge in [0.15, 0.2) is 6.10 Å². The van der Waals surface area contributed by atoms with Gasteiger partial charge in [-0.2, -0.15) is 0 Å². The van der Waals surface area contributed by atoms with Gasteiger partial charge < -0.3 is 28.5 Å². The predicted molar refractivity (Wildman–Crippen MR) is 221 cm³/mol. The van der Waals surface area contributed by atoms with E-state index in [1.54, 1.807) is 0 Å². The fourth-order valence-electron chi connectivity index (χ4n) is 5.72. The Kier molecular flexibility index (Phi) is 35.7. The quantitative estimate of drug-likeness (QED) is 0.0217. The Labute approximate surface area is 330 Å². The zero-order valence-corrected chi connectivity index (χ0v) is 35.4. The summed E-state index contributed by atoms with van der Waals surface area (Å²) in [5.74, 6) is -2.03. The minimum absolute atomic E-state index is 0.185. The van der Waals surface area contributed by atoms with E-state index < -0.39 is 24.3 Å². The maximum absolute atomic E-state index is 12.7. The number of carboxylic acids is 1. The van der Waals surface area contributed by atoms with E-state index in [0.29, 0.717) is 23.9 Å². The zero-order chi connectivity index (χ0) is 40.0. The van der Waals surface area contributed by atoms with E-state index in [9.17, 15) is 19.5 Å². The Morgan fingerprint density at radius 2 is 1.00 bits per heavy atom. The van der Waals surface area contributed by atoms with E-state index >= 15 is 0 Å². The highest BCUT2D eigenvalue weighted by molar-refractivity contribution is 5.71. The summed E-state index contributed by atoms with van der Waals surface area (Å²) in [6, 6.07) is 0. The number of esters is 2. The average molecular weight is 765 g/mol. The molecule has 1 N–H and O–H groups in total. The van der Waals surface area contributed by atoms with Crippen LogP contribution >= 0.6 is 0 Å². The Morgan fingerprint density at radius 3 is 1.48 bits per heavy atom. The van der Waals surface area contributed by atoms with Gasteiger partial charge in [0.2, 0.25) is 0 Å². The lowest BCUT2D eigenvalue weighted by Gasteiger charge is -2.25. The van der Waals surface area contributed by atoms with Crippen LogP contribution in [0.15, 0.2) is 36.5 Å². The number of ether oxygens (including phenoxy) is 4. The fourth-order valence-corrected chi connectivity index (χ4v) is 5.72. The molecule has 0 spiro atoms. The molecular formula is C45H82NO8+. The molecule has 0 bridgehead atoms. The number of unbranched alkanes of at least 4 members (excludes halogenated alkanes) is 18. The summed E-state index contributed by atoms with van der Waals surface area (Å²) in [7, 11) is 5.94. The van der Waals surface area contributed by atoms with Gasteiger partial charge in [0.25, 0.3) is 6.29 Å². The van der Waals surface area contributed by atoms with Crippen molar-refractivity contribution in [3.63, 3.8) is 0 Å². The normalized spacial score (nSPS) is 13.3. The molecule has 9 heteroatoms. The standard InChI is InChI=1S/C45H81NO8/c1-6-8-10-12-14-16-17-18-19-20-21-22-23-24-25-26-27-28-30-32-34-36-43(48)54-41(40-53-45(44(49)50)51-38-37-46(3,4)5)39-52-42(47)35-33-31-29-15-13-11-9-7-2/h17-18,20-21,23-24,41,45H,6-16,19,22,25-40H2,1-5H3/p+1/b18-17-,21-20-,24-23-. The maximum Gasteiger partial charge on any atom is 0.361 e. The number of allylic oxidation sites excluding steroid dienone is 6. The number of carbonyl (C=O) groups excluding carboxylic acids is 2. The third-order valence-corrected chi connectivity index (χ3v) is 9.15. The first-order valence-electron chi connectivity index (χ1n) is 21.7. The minimum Gasteiger partial charge on any atom is -0.477 e. The third-order valence-electron chi connectivity index (χ3n) is 9.15. The molecule has 2 unspecified atom stereocenters. The van der Waals surface area contributed by atoms with Crippen molar-refractivity contribution in [3.8, 4) is 0 Å². The largest absolute Gasteiger partial charge is 0.477 e. The highest BCUT2D eigenvalue weighted by Gasteiger charge is 2.25. The van der Waals surface area contributed by atoms with E-state index in [2.05, 4.69) is 50.3 Å². The molecule has 0 saturated heterocycles. The van der Waals surface area contributed by atoms with Crippen molar-refractivity contribution in [3.05, 3.63) is 36.5 Å². The molecule has 0 saturated carbocycles. The highest BCUT2D eigenvalue weighted by atomic mass is 16.7. The summed E-state index contributed by atoms with van der Waals surface area (Å²) in [4.78, 5) is 36.9. The van der Waals surface area contributed by atoms with Gasteiger partial charge in [-0.05, 0) is 51.4 Å². The summed E-state index contributed by atoms with van der Waals surface area (Å²) in [5.41, 5.74) is 0. The average Bonchev–Trinajstić information content (AvgIpc) is 3.12. The molecule has 0 aliphatic heterocycles. The van der Waals surface area contributed by atoms with E-state index in [4.69, 9.17) is 18.9 Å². The first kappa shape index (κ1) is 51.5. The van der Waals surface area contributed by atoms with Crippen molar-refractivity contribution in [2.24, 2.45) is 0 Å². The summed E-state index contributed by atoms with van der Waals surface area (Å²) in [5, 5.41) is 9.60. The number of hydrogen-bond donors (Lipinski definition) is 1. The monoisotopic (exact) mass is 765 g/mol. The molecule has 0 amide bonds. The first-order valence-corrected chi connectivity index (χ1v) is 21.7. The molecule has 0 aromatic carbocycles. The Hall–Kier alpha value is -2.49. The van der Waals surface area contributed by atoms with E-state index in [1.165, 1.54) is 83.5 Å². The van der Waals surface area contributed by atoms with Crippen LogP contribution in [0.25, 0.3) is 0 Å². The molecule has 54 heavy (non-hydrogen) atoms. The molecule has 0 aliphatic carbocycles. The van der Waals surface area contributed by atoms with Crippen molar-refractivity contribution in [1.82, 2.24) is 0 Å². The molecular weight excluding hydrogens is 682 g/mol. The summed E-state index contributed by atoms with van der Waals surface area (Å²) in [6.07, 6.45) is 37.8. The Bertz CT molecular complexity index is 987. The van der Waals surface area contributed by atoms with E-state index in [1.807, 2.05) is 21.1 Å². The molecule has 0 heterocycles. The number of rotatable bonds is 39. The second-order valence-electron chi connectivity index (χ2n) is 15.7. The number of hydrogen-bond acceptors (Lipinski definition) is 7. The molecule has 314 valence electrons. The number of carboxylic acid groups (broad SMARTS) is 1. The number of carbonyl (C=O) groups is 3. The lowest BCUT2D eigenvalue weighted by Crippen LogP contribution is -2.40. The maximum atomic E-state index is 12.7. The Balaban J connectivity index is 4.39. The molecule has 0 rings (SSSR count). The second-order valence-corrected chi connectivity index (χ2v) is 15.7. The van der Waals surface area contributed by atoms with Crippen molar-refractivity contribution in [2.75, 3.05) is 47.5 Å². The van der Waals surface area contributed by atoms with Crippen LogP contribution in [-0.2, 0) is 33.3 Å². The Morgan fingerprint density at radius 1 is 0.556 bits per heavy atom. The van der Waals surface area contributed by atoms with Gasteiger partial charge in [-0.3, -0.25) is 9.59 Å². The molecule has 9 nitrogen and oxygen atoms in total. The highest BCUT2D eigenvalue weighted by Crippen LogP contribution is 2.13. The first-order chi connectivity index (χ1) is 26.1. The van der Waals surface area contributed by atoms with Crippen LogP contribution in [-0.4, -0.2) is 87.4 Å². The fraction of sp³-hybridized carbons (Fsp3) is 0.800. The van der Waals surface area contributed by atoms with Gasteiger partial charge in [-0.15, -0.1) is 0 Å². The molecule has 0 fully saturated rings. The van der Waals surface area contributed by atoms with Gasteiger partial charge in [0.1, 0.15) is 13.2 Å². The van der Waals surface area contributed by atoms with Gasteiger partial charge in [0, 0.05) is 12.8 Å². The van der Waals surface area contributed by atoms with Crippen LogP contribution in [0, 0.1) is 0 Å².